The first kappa shape index (κ1) is 17.1. The van der Waals surface area contributed by atoms with E-state index in [-0.39, 0.29) is 17.4 Å². The summed E-state index contributed by atoms with van der Waals surface area (Å²) < 4.78 is 18.5. The Bertz CT molecular complexity index is 908. The van der Waals surface area contributed by atoms with Gasteiger partial charge in [-0.1, -0.05) is 12.1 Å². The number of halogens is 1. The largest absolute Gasteiger partial charge is 0.492 e. The van der Waals surface area contributed by atoms with Gasteiger partial charge >= 0.3 is 0 Å². The van der Waals surface area contributed by atoms with Crippen LogP contribution in [0.1, 0.15) is 18.8 Å². The summed E-state index contributed by atoms with van der Waals surface area (Å²) in [6.45, 7) is 3.06. The van der Waals surface area contributed by atoms with E-state index in [0.29, 0.717) is 35.6 Å². The summed E-state index contributed by atoms with van der Waals surface area (Å²) in [4.78, 5) is 21.6. The van der Waals surface area contributed by atoms with Crippen LogP contribution in [0.5, 0.6) is 5.75 Å². The zero-order chi connectivity index (χ0) is 17.8. The molecule has 0 aliphatic carbocycles. The molecule has 0 unspecified atom stereocenters. The van der Waals surface area contributed by atoms with E-state index in [1.54, 1.807) is 18.2 Å². The maximum absolute atomic E-state index is 12.9. The van der Waals surface area contributed by atoms with E-state index in [4.69, 9.17) is 4.74 Å². The number of nitrogens with one attached hydrogen (secondary N) is 1. The number of likely N-dealkylation sites (N-methyl/N-ethyl adjacent to an activating group) is 1. The molecule has 1 aromatic heterocycles. The lowest BCUT2D eigenvalue weighted by molar-refractivity contribution is 0.196. The Labute approximate surface area is 145 Å². The first-order chi connectivity index (χ1) is 12.0. The maximum atomic E-state index is 12.9. The van der Waals surface area contributed by atoms with Crippen molar-refractivity contribution in [3.8, 4) is 5.75 Å². The molecule has 130 valence electrons. The molecule has 1 N–H and O–H groups in total. The highest BCUT2D eigenvalue weighted by Crippen LogP contribution is 2.16. The predicted octanol–water partition coefficient (Wildman–Crippen LogP) is 3.13. The molecular weight excluding hydrogens is 321 g/mol. The Morgan fingerprint density at radius 1 is 1.20 bits per heavy atom. The Morgan fingerprint density at radius 3 is 2.68 bits per heavy atom. The lowest BCUT2D eigenvalue weighted by Crippen LogP contribution is -2.29. The zero-order valence-corrected chi connectivity index (χ0v) is 14.2. The molecular formula is C19H20FN3O2. The van der Waals surface area contributed by atoms with E-state index in [0.717, 1.165) is 0 Å². The van der Waals surface area contributed by atoms with Gasteiger partial charge in [-0.15, -0.1) is 0 Å². The highest BCUT2D eigenvalue weighted by atomic mass is 19.1. The van der Waals surface area contributed by atoms with Crippen LogP contribution in [0, 0.1) is 5.82 Å². The molecule has 5 nitrogen and oxygen atoms in total. The molecule has 0 saturated carbocycles. The van der Waals surface area contributed by atoms with Crippen molar-refractivity contribution in [1.29, 1.82) is 0 Å². The number of H-pyrrole nitrogens is 1. The van der Waals surface area contributed by atoms with E-state index in [2.05, 4.69) is 9.97 Å². The van der Waals surface area contributed by atoms with Crippen LogP contribution in [0.25, 0.3) is 10.9 Å². The third kappa shape index (κ3) is 4.03. The molecule has 0 fully saturated rings. The van der Waals surface area contributed by atoms with Gasteiger partial charge in [-0.05, 0) is 50.4 Å². The standard InChI is InChI=1S/C19H20FN3O2/c1-13(18-21-17-6-4-3-5-16(17)19(24)22-18)23(2)11-12-25-15-9-7-14(20)8-10-15/h3-10,13H,11-12H2,1-2H3,(H,21,22,24)/t13-/m0/s1. The summed E-state index contributed by atoms with van der Waals surface area (Å²) in [6, 6.07) is 13.1. The number of hydrogen-bond acceptors (Lipinski definition) is 4. The third-order valence-electron chi connectivity index (χ3n) is 4.21. The van der Waals surface area contributed by atoms with Gasteiger partial charge in [0.1, 0.15) is 24.0 Å². The SMILES string of the molecule is C[C@@H](c1nc2ccccc2c(=O)[nH]1)N(C)CCOc1ccc(F)cc1. The van der Waals surface area contributed by atoms with Crippen LogP contribution >= 0.6 is 0 Å². The van der Waals surface area contributed by atoms with Crippen molar-refractivity contribution < 1.29 is 9.13 Å². The minimum atomic E-state index is -0.288. The fourth-order valence-corrected chi connectivity index (χ4v) is 2.54. The van der Waals surface area contributed by atoms with Gasteiger partial charge in [0.05, 0.1) is 16.9 Å². The molecule has 0 spiro atoms. The van der Waals surface area contributed by atoms with Crippen molar-refractivity contribution in [3.05, 3.63) is 70.5 Å². The summed E-state index contributed by atoms with van der Waals surface area (Å²) in [5, 5.41) is 0.584. The summed E-state index contributed by atoms with van der Waals surface area (Å²) in [6.07, 6.45) is 0. The van der Waals surface area contributed by atoms with E-state index in [1.807, 2.05) is 37.1 Å². The molecule has 0 aliphatic rings. The quantitative estimate of drug-likeness (QED) is 0.748. The molecule has 0 aliphatic heterocycles. The number of hydrogen-bond donors (Lipinski definition) is 1. The number of rotatable bonds is 6. The van der Waals surface area contributed by atoms with Crippen LogP contribution in [-0.4, -0.2) is 35.1 Å². The van der Waals surface area contributed by atoms with Gasteiger partial charge in [0.25, 0.3) is 5.56 Å². The molecule has 0 saturated heterocycles. The van der Waals surface area contributed by atoms with Gasteiger partial charge in [-0.3, -0.25) is 9.69 Å². The summed E-state index contributed by atoms with van der Waals surface area (Å²) in [5.74, 6) is 0.956. The molecule has 0 bridgehead atoms. The van der Waals surface area contributed by atoms with Gasteiger partial charge in [-0.25, -0.2) is 9.37 Å². The van der Waals surface area contributed by atoms with Crippen molar-refractivity contribution in [2.24, 2.45) is 0 Å². The fraction of sp³-hybridized carbons (Fsp3) is 0.263. The number of aromatic amines is 1. The molecule has 3 rings (SSSR count). The smallest absolute Gasteiger partial charge is 0.258 e. The van der Waals surface area contributed by atoms with Crippen LogP contribution in [0.15, 0.2) is 53.3 Å². The molecule has 1 heterocycles. The number of nitrogens with zero attached hydrogens (tertiary/aromatic N) is 2. The third-order valence-corrected chi connectivity index (χ3v) is 4.21. The Kier molecular flexibility index (Phi) is 5.09. The lowest BCUT2D eigenvalue weighted by atomic mass is 10.2. The number of benzene rings is 2. The van der Waals surface area contributed by atoms with Crippen LogP contribution in [0.2, 0.25) is 0 Å². The maximum Gasteiger partial charge on any atom is 0.258 e. The van der Waals surface area contributed by atoms with Crippen LogP contribution in [-0.2, 0) is 0 Å². The number of ether oxygens (including phenoxy) is 1. The Hall–Kier alpha value is -2.73. The molecule has 3 aromatic rings. The average molecular weight is 341 g/mol. The van der Waals surface area contributed by atoms with Gasteiger partial charge < -0.3 is 9.72 Å². The monoisotopic (exact) mass is 341 g/mol. The van der Waals surface area contributed by atoms with Crippen molar-refractivity contribution in [3.63, 3.8) is 0 Å². The van der Waals surface area contributed by atoms with Gasteiger partial charge in [0.2, 0.25) is 0 Å². The second-order valence-corrected chi connectivity index (χ2v) is 5.93. The average Bonchev–Trinajstić information content (AvgIpc) is 2.62. The molecule has 6 heteroatoms. The minimum absolute atomic E-state index is 0.0749. The van der Waals surface area contributed by atoms with Gasteiger partial charge in [0, 0.05) is 6.54 Å². The van der Waals surface area contributed by atoms with E-state index in [1.165, 1.54) is 12.1 Å². The first-order valence-corrected chi connectivity index (χ1v) is 8.12. The lowest BCUT2D eigenvalue weighted by Gasteiger charge is -2.24. The molecule has 0 amide bonds. The van der Waals surface area contributed by atoms with E-state index >= 15 is 0 Å². The van der Waals surface area contributed by atoms with Crippen LogP contribution < -0.4 is 10.3 Å². The minimum Gasteiger partial charge on any atom is -0.492 e. The molecule has 1 atom stereocenters. The number of aromatic nitrogens is 2. The second-order valence-electron chi connectivity index (χ2n) is 5.93. The normalized spacial score (nSPS) is 12.5. The Balaban J connectivity index is 1.64. The molecule has 25 heavy (non-hydrogen) atoms. The summed E-state index contributed by atoms with van der Waals surface area (Å²) >= 11 is 0. The van der Waals surface area contributed by atoms with Crippen molar-refractivity contribution >= 4 is 10.9 Å². The van der Waals surface area contributed by atoms with Crippen LogP contribution in [0.3, 0.4) is 0 Å². The second kappa shape index (κ2) is 7.44. The van der Waals surface area contributed by atoms with E-state index in [9.17, 15) is 9.18 Å². The summed E-state index contributed by atoms with van der Waals surface area (Å²) in [7, 11) is 1.94. The molecule has 2 aromatic carbocycles. The predicted molar refractivity (Wildman–Crippen MR) is 95.3 cm³/mol. The van der Waals surface area contributed by atoms with Crippen LogP contribution in [0.4, 0.5) is 4.39 Å². The number of fused-ring (bicyclic) bond motifs is 1. The summed E-state index contributed by atoms with van der Waals surface area (Å²) in [5.41, 5.74) is 0.549. The van der Waals surface area contributed by atoms with Gasteiger partial charge in [-0.2, -0.15) is 0 Å². The molecule has 0 radical (unpaired) electrons. The Morgan fingerprint density at radius 2 is 1.92 bits per heavy atom. The first-order valence-electron chi connectivity index (χ1n) is 8.12. The number of para-hydroxylation sites is 1. The fourth-order valence-electron chi connectivity index (χ4n) is 2.54. The van der Waals surface area contributed by atoms with E-state index < -0.39 is 0 Å². The zero-order valence-electron chi connectivity index (χ0n) is 14.2. The van der Waals surface area contributed by atoms with Crippen molar-refractivity contribution in [2.45, 2.75) is 13.0 Å². The highest BCUT2D eigenvalue weighted by Gasteiger charge is 2.15. The highest BCUT2D eigenvalue weighted by molar-refractivity contribution is 5.77. The van der Waals surface area contributed by atoms with Gasteiger partial charge in [0.15, 0.2) is 0 Å². The van der Waals surface area contributed by atoms with Crippen molar-refractivity contribution in [1.82, 2.24) is 14.9 Å². The topological polar surface area (TPSA) is 58.2 Å². The van der Waals surface area contributed by atoms with Crippen molar-refractivity contribution in [2.75, 3.05) is 20.2 Å².